The van der Waals surface area contributed by atoms with Crippen molar-refractivity contribution in [3.63, 3.8) is 0 Å². The Labute approximate surface area is 232 Å². The van der Waals surface area contributed by atoms with Crippen molar-refractivity contribution >= 4 is 17.3 Å². The van der Waals surface area contributed by atoms with Gasteiger partial charge in [-0.1, -0.05) is 0 Å². The summed E-state index contributed by atoms with van der Waals surface area (Å²) in [5.74, 6) is 0.588. The number of pyridine rings is 1. The molecule has 3 saturated carbocycles. The van der Waals surface area contributed by atoms with E-state index < -0.39 is 11.5 Å². The van der Waals surface area contributed by atoms with Crippen molar-refractivity contribution in [1.82, 2.24) is 24.7 Å². The molecule has 0 atom stereocenters. The van der Waals surface area contributed by atoms with Gasteiger partial charge in [0.1, 0.15) is 24.0 Å². The van der Waals surface area contributed by atoms with Gasteiger partial charge in [0, 0.05) is 24.7 Å². The Balaban J connectivity index is 1.06. The smallest absolute Gasteiger partial charge is 0.255 e. The first-order chi connectivity index (χ1) is 19.0. The van der Waals surface area contributed by atoms with Crippen molar-refractivity contribution in [3.05, 3.63) is 41.3 Å². The summed E-state index contributed by atoms with van der Waals surface area (Å²) in [5, 5.41) is 22.1. The second-order valence-electron chi connectivity index (χ2n) is 12.3. The van der Waals surface area contributed by atoms with Gasteiger partial charge in [0.15, 0.2) is 0 Å². The van der Waals surface area contributed by atoms with Crippen LogP contribution in [0.3, 0.4) is 0 Å². The molecule has 0 bridgehead atoms. The van der Waals surface area contributed by atoms with E-state index in [1.165, 1.54) is 0 Å². The van der Waals surface area contributed by atoms with Gasteiger partial charge in [0.25, 0.3) is 11.8 Å². The SMILES string of the molecule is CC(C)(O)COc1ccc2c(C(=O)N[C@H]3CC4(C3)C[C@H](Oc3nn(CCN)cc3C(N)=O)C4)cnn2c1C1CC1. The van der Waals surface area contributed by atoms with Gasteiger partial charge < -0.3 is 31.4 Å². The van der Waals surface area contributed by atoms with Crippen LogP contribution in [-0.4, -0.2) is 67.2 Å². The molecule has 3 aliphatic carbocycles. The number of hydrogen-bond acceptors (Lipinski definition) is 8. The predicted molar refractivity (Wildman–Crippen MR) is 145 cm³/mol. The molecule has 6 N–H and O–H groups in total. The van der Waals surface area contributed by atoms with Crippen molar-refractivity contribution in [2.24, 2.45) is 16.9 Å². The number of aromatic nitrogens is 4. The Morgan fingerprint density at radius 3 is 2.60 bits per heavy atom. The lowest BCUT2D eigenvalue weighted by Gasteiger charge is -2.57. The third-order valence-electron chi connectivity index (χ3n) is 8.11. The molecule has 3 aliphatic rings. The number of amides is 2. The zero-order valence-electron chi connectivity index (χ0n) is 22.9. The average molecular weight is 552 g/mol. The molecule has 0 radical (unpaired) electrons. The largest absolute Gasteiger partial charge is 0.489 e. The van der Waals surface area contributed by atoms with E-state index in [9.17, 15) is 14.7 Å². The Hall–Kier alpha value is -3.64. The Kier molecular flexibility index (Phi) is 6.49. The molecular formula is C28H37N7O5. The summed E-state index contributed by atoms with van der Waals surface area (Å²) in [7, 11) is 0. The summed E-state index contributed by atoms with van der Waals surface area (Å²) in [6.45, 7) is 4.46. The third kappa shape index (κ3) is 5.13. The second kappa shape index (κ2) is 9.77. The molecule has 1 spiro atoms. The number of primary amides is 1. The number of rotatable bonds is 11. The highest BCUT2D eigenvalue weighted by Crippen LogP contribution is 2.57. The van der Waals surface area contributed by atoms with Crippen molar-refractivity contribution in [3.8, 4) is 11.6 Å². The van der Waals surface area contributed by atoms with Crippen LogP contribution in [0.1, 0.15) is 84.7 Å². The molecule has 3 aromatic heterocycles. The molecule has 12 nitrogen and oxygen atoms in total. The van der Waals surface area contributed by atoms with E-state index in [2.05, 4.69) is 15.5 Å². The van der Waals surface area contributed by atoms with E-state index in [0.717, 1.165) is 49.7 Å². The predicted octanol–water partition coefficient (Wildman–Crippen LogP) is 1.74. The first kappa shape index (κ1) is 26.6. The van der Waals surface area contributed by atoms with Crippen molar-refractivity contribution in [1.29, 1.82) is 0 Å². The van der Waals surface area contributed by atoms with E-state index in [-0.39, 0.29) is 41.5 Å². The van der Waals surface area contributed by atoms with Crippen molar-refractivity contribution in [2.45, 2.75) is 82.6 Å². The number of aliphatic hydroxyl groups is 1. The highest BCUT2D eigenvalue weighted by atomic mass is 16.5. The summed E-state index contributed by atoms with van der Waals surface area (Å²) in [5.41, 5.74) is 12.8. The first-order valence-electron chi connectivity index (χ1n) is 13.9. The number of nitrogens with two attached hydrogens (primary N) is 2. The van der Waals surface area contributed by atoms with Crippen LogP contribution in [-0.2, 0) is 6.54 Å². The van der Waals surface area contributed by atoms with Gasteiger partial charge in [-0.3, -0.25) is 14.3 Å². The van der Waals surface area contributed by atoms with Crippen LogP contribution >= 0.6 is 0 Å². The van der Waals surface area contributed by atoms with E-state index in [4.69, 9.17) is 20.9 Å². The lowest BCUT2D eigenvalue weighted by atomic mass is 9.53. The minimum Gasteiger partial charge on any atom is -0.489 e. The first-order valence-corrected chi connectivity index (χ1v) is 13.9. The number of ether oxygens (including phenoxy) is 2. The maximum Gasteiger partial charge on any atom is 0.255 e. The fourth-order valence-corrected chi connectivity index (χ4v) is 6.07. The Morgan fingerprint density at radius 1 is 1.20 bits per heavy atom. The van der Waals surface area contributed by atoms with Gasteiger partial charge >= 0.3 is 0 Å². The molecule has 0 unspecified atom stereocenters. The van der Waals surface area contributed by atoms with E-state index in [1.54, 1.807) is 30.9 Å². The van der Waals surface area contributed by atoms with Crippen molar-refractivity contribution < 1.29 is 24.2 Å². The van der Waals surface area contributed by atoms with Crippen LogP contribution in [0.15, 0.2) is 24.5 Å². The zero-order chi connectivity index (χ0) is 28.2. The molecule has 0 aliphatic heterocycles. The topological polar surface area (TPSA) is 172 Å². The fraction of sp³-hybridized carbons (Fsp3) is 0.571. The number of fused-ring (bicyclic) bond motifs is 1. The summed E-state index contributed by atoms with van der Waals surface area (Å²) >= 11 is 0. The van der Waals surface area contributed by atoms with Crippen LogP contribution in [0.4, 0.5) is 0 Å². The van der Waals surface area contributed by atoms with Crippen LogP contribution < -0.4 is 26.3 Å². The van der Waals surface area contributed by atoms with Gasteiger partial charge in [-0.2, -0.15) is 5.10 Å². The third-order valence-corrected chi connectivity index (χ3v) is 8.11. The zero-order valence-corrected chi connectivity index (χ0v) is 22.9. The van der Waals surface area contributed by atoms with Crippen LogP contribution in [0, 0.1) is 5.41 Å². The monoisotopic (exact) mass is 551 g/mol. The molecule has 214 valence electrons. The van der Waals surface area contributed by atoms with Crippen molar-refractivity contribution in [2.75, 3.05) is 13.2 Å². The number of nitrogens with one attached hydrogen (secondary N) is 1. The highest BCUT2D eigenvalue weighted by Gasteiger charge is 2.54. The molecule has 3 fully saturated rings. The summed E-state index contributed by atoms with van der Waals surface area (Å²) in [6.07, 6.45) is 8.70. The Morgan fingerprint density at radius 2 is 1.95 bits per heavy atom. The van der Waals surface area contributed by atoms with E-state index in [0.29, 0.717) is 30.3 Å². The Bertz CT molecular complexity index is 1440. The maximum atomic E-state index is 13.2. The highest BCUT2D eigenvalue weighted by molar-refractivity contribution is 6.01. The lowest BCUT2D eigenvalue weighted by Crippen LogP contribution is -2.58. The molecule has 2 amide bonds. The number of carbonyl (C=O) groups is 2. The molecule has 0 aromatic carbocycles. The molecule has 3 aromatic rings. The number of carbonyl (C=O) groups excluding carboxylic acids is 2. The van der Waals surface area contributed by atoms with Crippen LogP contribution in [0.5, 0.6) is 11.6 Å². The minimum absolute atomic E-state index is 0.0377. The second-order valence-corrected chi connectivity index (χ2v) is 12.3. The van der Waals surface area contributed by atoms with Crippen LogP contribution in [0.25, 0.3) is 5.52 Å². The number of nitrogens with zero attached hydrogens (tertiary/aromatic N) is 4. The molecule has 6 rings (SSSR count). The summed E-state index contributed by atoms with van der Waals surface area (Å²) < 4.78 is 15.3. The minimum atomic E-state index is -0.947. The van der Waals surface area contributed by atoms with Gasteiger partial charge in [0.05, 0.1) is 35.1 Å². The van der Waals surface area contributed by atoms with Gasteiger partial charge in [0.2, 0.25) is 5.88 Å². The van der Waals surface area contributed by atoms with E-state index >= 15 is 0 Å². The molecule has 3 heterocycles. The van der Waals surface area contributed by atoms with Gasteiger partial charge in [-0.05, 0) is 69.9 Å². The van der Waals surface area contributed by atoms with Gasteiger partial charge in [-0.15, -0.1) is 5.10 Å². The fourth-order valence-electron chi connectivity index (χ4n) is 6.07. The lowest BCUT2D eigenvalue weighted by molar-refractivity contribution is -0.0849. The average Bonchev–Trinajstić information content (AvgIpc) is 3.45. The molecule has 12 heteroatoms. The molecule has 0 saturated heterocycles. The van der Waals surface area contributed by atoms with Crippen LogP contribution in [0.2, 0.25) is 0 Å². The number of hydrogen-bond donors (Lipinski definition) is 4. The maximum absolute atomic E-state index is 13.2. The normalized spacial score (nSPS) is 24.0. The summed E-state index contributed by atoms with van der Waals surface area (Å²) in [4.78, 5) is 25.0. The van der Waals surface area contributed by atoms with E-state index in [1.807, 2.05) is 16.6 Å². The van der Waals surface area contributed by atoms with Gasteiger partial charge in [-0.25, -0.2) is 4.52 Å². The summed E-state index contributed by atoms with van der Waals surface area (Å²) in [6, 6.07) is 3.83. The quantitative estimate of drug-likeness (QED) is 0.279. The molecule has 40 heavy (non-hydrogen) atoms. The molecular weight excluding hydrogens is 514 g/mol. The standard InChI is InChI=1S/C28H37N7O5/c1-27(2,38)15-39-22-6-5-21-19(13-31-35(21)23(22)16-3-4-16)25(37)32-17-9-28(10-17)11-18(12-28)40-26-20(24(30)36)14-34(33-26)8-7-29/h5-6,13-14,16-18,38H,3-4,7-12,15,29H2,1-2H3,(H2,30,36)(H,32,37)/t17-,18-,28?.